The van der Waals surface area contributed by atoms with E-state index in [1.165, 1.54) is 57.8 Å². The summed E-state index contributed by atoms with van der Waals surface area (Å²) in [7, 11) is 2.04. The summed E-state index contributed by atoms with van der Waals surface area (Å²) in [6, 6.07) is 0.420. The SMILES string of the molecule is CCCCC1CCC(C(=O)N(C)C2CCCCC2Br)CC1. The summed E-state index contributed by atoms with van der Waals surface area (Å²) >= 11 is 3.79. The largest absolute Gasteiger partial charge is 0.341 e. The molecular formula is C18H32BrNO. The molecule has 3 heteroatoms. The molecule has 2 rings (SSSR count). The minimum atomic E-state index is 0.300. The first-order valence-corrected chi connectivity index (χ1v) is 9.95. The fraction of sp³-hybridized carbons (Fsp3) is 0.944. The van der Waals surface area contributed by atoms with E-state index >= 15 is 0 Å². The summed E-state index contributed by atoms with van der Waals surface area (Å²) in [5, 5.41) is 0. The Morgan fingerprint density at radius 3 is 2.38 bits per heavy atom. The monoisotopic (exact) mass is 357 g/mol. The number of nitrogens with zero attached hydrogens (tertiary/aromatic N) is 1. The molecule has 0 bridgehead atoms. The molecule has 21 heavy (non-hydrogen) atoms. The van der Waals surface area contributed by atoms with Crippen LogP contribution in [0.1, 0.15) is 77.6 Å². The summed E-state index contributed by atoms with van der Waals surface area (Å²) in [5.74, 6) is 1.60. The number of alkyl halides is 1. The quantitative estimate of drug-likeness (QED) is 0.623. The van der Waals surface area contributed by atoms with E-state index in [9.17, 15) is 4.79 Å². The van der Waals surface area contributed by atoms with Crippen LogP contribution in [0.15, 0.2) is 0 Å². The van der Waals surface area contributed by atoms with Crippen molar-refractivity contribution in [2.75, 3.05) is 7.05 Å². The number of carbonyl (C=O) groups excluding carboxylic acids is 1. The van der Waals surface area contributed by atoms with E-state index in [0.717, 1.165) is 18.8 Å². The Hall–Kier alpha value is -0.0500. The highest BCUT2D eigenvalue weighted by molar-refractivity contribution is 9.09. The van der Waals surface area contributed by atoms with Crippen LogP contribution < -0.4 is 0 Å². The molecule has 0 spiro atoms. The van der Waals surface area contributed by atoms with Crippen molar-refractivity contribution in [2.45, 2.75) is 88.4 Å². The molecule has 0 radical (unpaired) electrons. The number of unbranched alkanes of at least 4 members (excludes halogenated alkanes) is 1. The Morgan fingerprint density at radius 1 is 1.10 bits per heavy atom. The zero-order valence-electron chi connectivity index (χ0n) is 13.8. The molecule has 2 saturated carbocycles. The van der Waals surface area contributed by atoms with Crippen LogP contribution in [0.5, 0.6) is 0 Å². The first-order valence-electron chi connectivity index (χ1n) is 9.04. The van der Waals surface area contributed by atoms with Gasteiger partial charge in [-0.2, -0.15) is 0 Å². The van der Waals surface area contributed by atoms with E-state index in [-0.39, 0.29) is 0 Å². The fourth-order valence-electron chi connectivity index (χ4n) is 4.14. The van der Waals surface area contributed by atoms with Crippen molar-refractivity contribution in [3.63, 3.8) is 0 Å². The molecule has 2 atom stereocenters. The van der Waals surface area contributed by atoms with Crippen LogP contribution in [0.3, 0.4) is 0 Å². The molecule has 1 amide bonds. The predicted octanol–water partition coefficient (Wildman–Crippen LogP) is 5.15. The zero-order valence-corrected chi connectivity index (χ0v) is 15.4. The van der Waals surface area contributed by atoms with Gasteiger partial charge in [-0.1, -0.05) is 55.0 Å². The van der Waals surface area contributed by atoms with E-state index in [1.807, 2.05) is 7.05 Å². The number of halogens is 1. The summed E-state index contributed by atoms with van der Waals surface area (Å²) in [6.07, 6.45) is 13.8. The van der Waals surface area contributed by atoms with Crippen LogP contribution in [0.4, 0.5) is 0 Å². The van der Waals surface area contributed by atoms with Gasteiger partial charge in [0.2, 0.25) is 5.91 Å². The minimum Gasteiger partial charge on any atom is -0.341 e. The number of amides is 1. The van der Waals surface area contributed by atoms with Crippen LogP contribution in [0.2, 0.25) is 0 Å². The predicted molar refractivity (Wildman–Crippen MR) is 92.7 cm³/mol. The van der Waals surface area contributed by atoms with Crippen LogP contribution in [0.25, 0.3) is 0 Å². The van der Waals surface area contributed by atoms with Gasteiger partial charge in [-0.3, -0.25) is 4.79 Å². The normalized spacial score (nSPS) is 33.7. The maximum atomic E-state index is 12.8. The molecular weight excluding hydrogens is 326 g/mol. The van der Waals surface area contributed by atoms with E-state index < -0.39 is 0 Å². The van der Waals surface area contributed by atoms with Crippen molar-refractivity contribution in [2.24, 2.45) is 11.8 Å². The van der Waals surface area contributed by atoms with E-state index in [1.54, 1.807) is 0 Å². The average Bonchev–Trinajstić information content (AvgIpc) is 2.52. The molecule has 0 aliphatic heterocycles. The maximum absolute atomic E-state index is 12.8. The van der Waals surface area contributed by atoms with Gasteiger partial charge in [-0.05, 0) is 44.4 Å². The van der Waals surface area contributed by atoms with Gasteiger partial charge in [0.15, 0.2) is 0 Å². The molecule has 0 saturated heterocycles. The highest BCUT2D eigenvalue weighted by Crippen LogP contribution is 2.34. The third-order valence-corrected chi connectivity index (χ3v) is 6.72. The Balaban J connectivity index is 1.80. The molecule has 0 N–H and O–H groups in total. The van der Waals surface area contributed by atoms with Crippen LogP contribution in [-0.2, 0) is 4.79 Å². The van der Waals surface area contributed by atoms with Gasteiger partial charge in [0.25, 0.3) is 0 Å². The molecule has 2 fully saturated rings. The zero-order chi connectivity index (χ0) is 15.2. The van der Waals surface area contributed by atoms with Gasteiger partial charge in [0, 0.05) is 23.8 Å². The number of carbonyl (C=O) groups is 1. The highest BCUT2D eigenvalue weighted by atomic mass is 79.9. The van der Waals surface area contributed by atoms with Crippen LogP contribution >= 0.6 is 15.9 Å². The molecule has 0 aromatic carbocycles. The Bertz CT molecular complexity index is 325. The van der Waals surface area contributed by atoms with Crippen LogP contribution in [-0.4, -0.2) is 28.7 Å². The molecule has 2 aliphatic carbocycles. The van der Waals surface area contributed by atoms with Gasteiger partial charge in [-0.25, -0.2) is 0 Å². The summed E-state index contributed by atoms with van der Waals surface area (Å²) in [4.78, 5) is 15.3. The standard InChI is InChI=1S/C18H32BrNO/c1-3-4-7-14-10-12-15(13-11-14)18(21)20(2)17-9-6-5-8-16(17)19/h14-17H,3-13H2,1-2H3. The molecule has 122 valence electrons. The highest BCUT2D eigenvalue weighted by Gasteiger charge is 2.34. The smallest absolute Gasteiger partial charge is 0.225 e. The summed E-state index contributed by atoms with van der Waals surface area (Å²) in [5.41, 5.74) is 0. The Morgan fingerprint density at radius 2 is 1.76 bits per heavy atom. The van der Waals surface area contributed by atoms with E-state index in [2.05, 4.69) is 27.8 Å². The molecule has 2 aliphatic rings. The van der Waals surface area contributed by atoms with E-state index in [4.69, 9.17) is 0 Å². The number of rotatable bonds is 5. The first-order chi connectivity index (χ1) is 10.1. The molecule has 2 unspecified atom stereocenters. The minimum absolute atomic E-state index is 0.300. The van der Waals surface area contributed by atoms with Crippen molar-refractivity contribution in [1.29, 1.82) is 0 Å². The van der Waals surface area contributed by atoms with Gasteiger partial charge >= 0.3 is 0 Å². The lowest BCUT2D eigenvalue weighted by Crippen LogP contribution is -2.47. The second kappa shape index (κ2) is 8.55. The second-order valence-corrected chi connectivity index (χ2v) is 8.35. The lowest BCUT2D eigenvalue weighted by atomic mass is 9.79. The van der Waals surface area contributed by atoms with Crippen molar-refractivity contribution >= 4 is 21.8 Å². The molecule has 2 nitrogen and oxygen atoms in total. The fourth-order valence-corrected chi connectivity index (χ4v) is 5.09. The third-order valence-electron chi connectivity index (χ3n) is 5.65. The van der Waals surface area contributed by atoms with Crippen molar-refractivity contribution in [3.05, 3.63) is 0 Å². The van der Waals surface area contributed by atoms with Gasteiger partial charge < -0.3 is 4.90 Å². The van der Waals surface area contributed by atoms with E-state index in [0.29, 0.717) is 22.7 Å². The van der Waals surface area contributed by atoms with Crippen molar-refractivity contribution in [3.8, 4) is 0 Å². The van der Waals surface area contributed by atoms with Crippen molar-refractivity contribution < 1.29 is 4.79 Å². The summed E-state index contributed by atoms with van der Waals surface area (Å²) in [6.45, 7) is 2.27. The first kappa shape index (κ1) is 17.3. The average molecular weight is 358 g/mol. The topological polar surface area (TPSA) is 20.3 Å². The van der Waals surface area contributed by atoms with Gasteiger partial charge in [-0.15, -0.1) is 0 Å². The molecule has 0 heterocycles. The Kier molecular flexibility index (Phi) is 7.04. The third kappa shape index (κ3) is 4.71. The summed E-state index contributed by atoms with van der Waals surface area (Å²) < 4.78 is 0. The maximum Gasteiger partial charge on any atom is 0.225 e. The molecule has 0 aromatic heterocycles. The van der Waals surface area contributed by atoms with Crippen LogP contribution in [0, 0.1) is 11.8 Å². The number of hydrogen-bond acceptors (Lipinski definition) is 1. The van der Waals surface area contributed by atoms with Gasteiger partial charge in [0.1, 0.15) is 0 Å². The van der Waals surface area contributed by atoms with Crippen molar-refractivity contribution in [1.82, 2.24) is 4.90 Å². The lowest BCUT2D eigenvalue weighted by Gasteiger charge is -2.38. The lowest BCUT2D eigenvalue weighted by molar-refractivity contribution is -0.138. The Labute approximate surface area is 139 Å². The number of hydrogen-bond donors (Lipinski definition) is 0. The molecule has 0 aromatic rings. The van der Waals surface area contributed by atoms with Gasteiger partial charge in [0.05, 0.1) is 0 Å². The second-order valence-electron chi connectivity index (χ2n) is 7.18.